The van der Waals surface area contributed by atoms with Crippen LogP contribution < -0.4 is 5.32 Å². The molecule has 3 unspecified atom stereocenters. The molecule has 77 heavy (non-hydrogen) atoms. The van der Waals surface area contributed by atoms with Gasteiger partial charge in [0.05, 0.1) is 39.9 Å². The Morgan fingerprint density at radius 2 is 0.714 bits per heavy atom. The highest BCUT2D eigenvalue weighted by molar-refractivity contribution is 7.47. The Labute approximate surface area is 481 Å². The van der Waals surface area contributed by atoms with Crippen LogP contribution in [0.3, 0.4) is 0 Å². The molecule has 0 saturated carbocycles. The number of amides is 1. The van der Waals surface area contributed by atoms with E-state index in [1.165, 1.54) is 295 Å². The molecule has 0 bridgehead atoms. The molecule has 0 aliphatic heterocycles. The molecule has 0 heterocycles. The number of allylic oxidation sites excluding steroid dienone is 3. The van der Waals surface area contributed by atoms with E-state index in [1.54, 1.807) is 6.08 Å². The molecule has 0 fully saturated rings. The Kier molecular flexibility index (Phi) is 58.8. The summed E-state index contributed by atoms with van der Waals surface area (Å²) in [6.45, 7) is 4.84. The van der Waals surface area contributed by atoms with E-state index in [1.807, 2.05) is 27.2 Å². The maximum Gasteiger partial charge on any atom is 0.472 e. The van der Waals surface area contributed by atoms with Crippen LogP contribution in [0.2, 0.25) is 0 Å². The predicted molar refractivity (Wildman–Crippen MR) is 337 cm³/mol. The van der Waals surface area contributed by atoms with E-state index in [0.29, 0.717) is 17.4 Å². The molecule has 0 aromatic rings. The number of carbonyl (C=O) groups is 1. The monoisotopic (exact) mass is 1110 g/mol. The van der Waals surface area contributed by atoms with Gasteiger partial charge in [0.15, 0.2) is 0 Å². The molecule has 0 aromatic carbocycles. The van der Waals surface area contributed by atoms with Crippen molar-refractivity contribution in [2.45, 2.75) is 366 Å². The predicted octanol–water partition coefficient (Wildman–Crippen LogP) is 21.5. The molecule has 0 radical (unpaired) electrons. The fourth-order valence-electron chi connectivity index (χ4n) is 10.6. The van der Waals surface area contributed by atoms with Crippen molar-refractivity contribution in [2.75, 3.05) is 40.9 Å². The van der Waals surface area contributed by atoms with E-state index < -0.39 is 20.0 Å². The molecule has 1 amide bonds. The highest BCUT2D eigenvalue weighted by atomic mass is 31.2. The minimum atomic E-state index is -4.35. The van der Waals surface area contributed by atoms with Crippen LogP contribution in [0.15, 0.2) is 24.3 Å². The number of hydrogen-bond donors (Lipinski definition) is 3. The first-order valence-corrected chi connectivity index (χ1v) is 35.7. The van der Waals surface area contributed by atoms with Gasteiger partial charge in [0.1, 0.15) is 13.2 Å². The Hall–Kier alpha value is -1.02. The third kappa shape index (κ3) is 62.4. The Morgan fingerprint density at radius 1 is 0.429 bits per heavy atom. The van der Waals surface area contributed by atoms with Crippen LogP contribution in [0, 0.1) is 0 Å². The van der Waals surface area contributed by atoms with Gasteiger partial charge < -0.3 is 19.8 Å². The van der Waals surface area contributed by atoms with E-state index in [9.17, 15) is 19.4 Å². The fraction of sp³-hybridized carbons (Fsp3) is 0.926. The summed E-state index contributed by atoms with van der Waals surface area (Å²) in [5.74, 6) is -0.180. The van der Waals surface area contributed by atoms with Gasteiger partial charge >= 0.3 is 7.82 Å². The molecule has 0 rings (SSSR count). The number of aliphatic hydroxyl groups excluding tert-OH is 1. The standard InChI is InChI=1S/C68H135N2O6P/c1-6-8-10-12-14-16-18-20-22-23-24-25-26-27-28-29-30-31-32-33-34-35-36-37-38-39-40-41-42-43-44-45-46-48-50-52-54-56-58-60-62-68(72)69-66(65-76-77(73,74)75-64-63-70(3,4)5)67(71)61-59-57-55-53-51-49-47-21-19-17-15-13-11-9-7-2/h51,53,59,61,66-67,71H,6-50,52,54-58,60,62-65H2,1-5H3,(H-,69,72,73,74)/p+1/b53-51+,61-59+. The summed E-state index contributed by atoms with van der Waals surface area (Å²) < 4.78 is 23.7. The summed E-state index contributed by atoms with van der Waals surface area (Å²) in [6.07, 6.45) is 77.8. The molecule has 0 aromatic heterocycles. The van der Waals surface area contributed by atoms with Crippen molar-refractivity contribution in [1.29, 1.82) is 0 Å². The number of phosphoric acid groups is 1. The van der Waals surface area contributed by atoms with Gasteiger partial charge in [0, 0.05) is 6.42 Å². The minimum absolute atomic E-state index is 0.0587. The molecule has 3 atom stereocenters. The zero-order valence-corrected chi connectivity index (χ0v) is 53.4. The number of likely N-dealkylation sites (N-methyl/N-ethyl adjacent to an activating group) is 1. The second-order valence-electron chi connectivity index (χ2n) is 24.9. The molecule has 0 spiro atoms. The van der Waals surface area contributed by atoms with Crippen LogP contribution in [-0.4, -0.2) is 73.4 Å². The maximum atomic E-state index is 13.0. The van der Waals surface area contributed by atoms with Gasteiger partial charge in [0.2, 0.25) is 5.91 Å². The number of nitrogens with one attached hydrogen (secondary N) is 1. The average Bonchev–Trinajstić information content (AvgIpc) is 3.39. The topological polar surface area (TPSA) is 105 Å². The maximum absolute atomic E-state index is 13.0. The number of phosphoric ester groups is 1. The van der Waals surface area contributed by atoms with E-state index in [4.69, 9.17) is 9.05 Å². The number of unbranched alkanes of at least 4 members (excludes halogenated alkanes) is 49. The van der Waals surface area contributed by atoms with Crippen molar-refractivity contribution in [2.24, 2.45) is 0 Å². The number of carbonyl (C=O) groups excluding carboxylic acids is 1. The third-order valence-corrected chi connectivity index (χ3v) is 16.9. The molecule has 8 nitrogen and oxygen atoms in total. The number of aliphatic hydroxyl groups is 1. The Balaban J connectivity index is 3.85. The van der Waals surface area contributed by atoms with Crippen molar-refractivity contribution >= 4 is 13.7 Å². The molecule has 458 valence electrons. The SMILES string of the molecule is CCCCCCCCCCC/C=C/CC/C=C/C(O)C(COP(=O)(O)OCC[N+](C)(C)C)NC(=O)CCCCCCCCCCCCCCCCCCCCCCCCCCCCCCCCCCCCCCCCCC. The summed E-state index contributed by atoms with van der Waals surface area (Å²) >= 11 is 0. The first kappa shape index (κ1) is 76.0. The highest BCUT2D eigenvalue weighted by Gasteiger charge is 2.28. The second kappa shape index (κ2) is 59.6. The number of hydrogen-bond acceptors (Lipinski definition) is 5. The largest absolute Gasteiger partial charge is 0.472 e. The van der Waals surface area contributed by atoms with Crippen molar-refractivity contribution < 1.29 is 32.9 Å². The van der Waals surface area contributed by atoms with Gasteiger partial charge in [0.25, 0.3) is 0 Å². The lowest BCUT2D eigenvalue weighted by atomic mass is 10.0. The molecule has 0 aliphatic rings. The molecule has 3 N–H and O–H groups in total. The van der Waals surface area contributed by atoms with Crippen molar-refractivity contribution in [1.82, 2.24) is 5.32 Å². The van der Waals surface area contributed by atoms with Crippen LogP contribution in [0.25, 0.3) is 0 Å². The zero-order chi connectivity index (χ0) is 56.3. The van der Waals surface area contributed by atoms with Gasteiger partial charge in [-0.2, -0.15) is 0 Å². The van der Waals surface area contributed by atoms with Crippen LogP contribution in [0.5, 0.6) is 0 Å². The normalized spacial score (nSPS) is 13.8. The summed E-state index contributed by atoms with van der Waals surface area (Å²) in [6, 6.07) is -0.860. The van der Waals surface area contributed by atoms with E-state index in [2.05, 4.69) is 31.3 Å². The van der Waals surface area contributed by atoms with Crippen molar-refractivity contribution in [3.8, 4) is 0 Å². The van der Waals surface area contributed by atoms with E-state index in [-0.39, 0.29) is 19.1 Å². The average molecular weight is 1110 g/mol. The lowest BCUT2D eigenvalue weighted by Gasteiger charge is -2.25. The Morgan fingerprint density at radius 3 is 1.04 bits per heavy atom. The summed E-state index contributed by atoms with van der Waals surface area (Å²) in [5.41, 5.74) is 0. The van der Waals surface area contributed by atoms with Crippen molar-refractivity contribution in [3.05, 3.63) is 24.3 Å². The minimum Gasteiger partial charge on any atom is -0.387 e. The van der Waals surface area contributed by atoms with Crippen LogP contribution in [-0.2, 0) is 18.4 Å². The van der Waals surface area contributed by atoms with Gasteiger partial charge in [-0.1, -0.05) is 340 Å². The summed E-state index contributed by atoms with van der Waals surface area (Å²) in [7, 11) is 1.57. The van der Waals surface area contributed by atoms with E-state index in [0.717, 1.165) is 38.5 Å². The van der Waals surface area contributed by atoms with Crippen molar-refractivity contribution in [3.63, 3.8) is 0 Å². The quantitative estimate of drug-likeness (QED) is 0.0243. The molecule has 0 saturated heterocycles. The Bertz CT molecular complexity index is 1300. The van der Waals surface area contributed by atoms with Crippen LogP contribution >= 0.6 is 7.82 Å². The smallest absolute Gasteiger partial charge is 0.387 e. The summed E-state index contributed by atoms with van der Waals surface area (Å²) in [5, 5.41) is 13.9. The molecule has 0 aliphatic carbocycles. The van der Waals surface area contributed by atoms with Gasteiger partial charge in [-0.3, -0.25) is 13.8 Å². The number of nitrogens with zero attached hydrogens (tertiary/aromatic N) is 1. The van der Waals surface area contributed by atoms with Crippen LogP contribution in [0.1, 0.15) is 354 Å². The first-order valence-electron chi connectivity index (χ1n) is 34.2. The molecular formula is C68H136N2O6P+. The van der Waals surface area contributed by atoms with Gasteiger partial charge in [-0.05, 0) is 32.1 Å². The highest BCUT2D eigenvalue weighted by Crippen LogP contribution is 2.43. The third-order valence-electron chi connectivity index (χ3n) is 15.9. The van der Waals surface area contributed by atoms with Gasteiger partial charge in [-0.15, -0.1) is 0 Å². The fourth-order valence-corrected chi connectivity index (χ4v) is 11.3. The van der Waals surface area contributed by atoms with Crippen LogP contribution in [0.4, 0.5) is 0 Å². The lowest BCUT2D eigenvalue weighted by molar-refractivity contribution is -0.870. The second-order valence-corrected chi connectivity index (χ2v) is 26.4. The number of quaternary nitrogens is 1. The zero-order valence-electron chi connectivity index (χ0n) is 52.5. The van der Waals surface area contributed by atoms with Gasteiger partial charge in [-0.25, -0.2) is 4.57 Å². The number of rotatable bonds is 64. The lowest BCUT2D eigenvalue weighted by Crippen LogP contribution is -2.45. The summed E-state index contributed by atoms with van der Waals surface area (Å²) in [4.78, 5) is 23.3. The molecular weight excluding hydrogens is 972 g/mol. The first-order chi connectivity index (χ1) is 37.5. The van der Waals surface area contributed by atoms with E-state index >= 15 is 0 Å². The molecule has 9 heteroatoms.